The van der Waals surface area contributed by atoms with Gasteiger partial charge in [-0.25, -0.2) is 0 Å². The minimum absolute atomic E-state index is 0.396. The van der Waals surface area contributed by atoms with Gasteiger partial charge in [0.05, 0.1) is 0 Å². The van der Waals surface area contributed by atoms with E-state index in [4.69, 9.17) is 12.2 Å². The second-order valence-electron chi connectivity index (χ2n) is 5.80. The van der Waals surface area contributed by atoms with E-state index in [2.05, 4.69) is 73.5 Å². The third-order valence-electron chi connectivity index (χ3n) is 4.05. The summed E-state index contributed by atoms with van der Waals surface area (Å²) in [6.45, 7) is 6.43. The molecule has 2 nitrogen and oxygen atoms in total. The van der Waals surface area contributed by atoms with Crippen LogP contribution in [0.4, 0.5) is 11.4 Å². The van der Waals surface area contributed by atoms with E-state index in [9.17, 15) is 0 Å². The van der Waals surface area contributed by atoms with Gasteiger partial charge in [-0.3, -0.25) is 0 Å². The lowest BCUT2D eigenvalue weighted by molar-refractivity contribution is 0.776. The van der Waals surface area contributed by atoms with Crippen LogP contribution in [0.3, 0.4) is 0 Å². The SMILES string of the molecule is Cc1ccc(NC(=S)N2c3ccccc3CC2C)c(C)c1. The second-order valence-corrected chi connectivity index (χ2v) is 6.19. The van der Waals surface area contributed by atoms with E-state index in [0.717, 1.165) is 17.2 Å². The lowest BCUT2D eigenvalue weighted by atomic mass is 10.1. The topological polar surface area (TPSA) is 15.3 Å². The predicted molar refractivity (Wildman–Crippen MR) is 94.2 cm³/mol. The molecule has 2 aromatic carbocycles. The molecule has 0 aromatic heterocycles. The lowest BCUT2D eigenvalue weighted by Crippen LogP contribution is -2.38. The summed E-state index contributed by atoms with van der Waals surface area (Å²) in [6, 6.07) is 15.3. The molecule has 1 aliphatic rings. The largest absolute Gasteiger partial charge is 0.332 e. The first kappa shape index (κ1) is 14.1. The number of hydrogen-bond donors (Lipinski definition) is 1. The molecular formula is C18H20N2S. The number of para-hydroxylation sites is 1. The maximum atomic E-state index is 5.66. The molecule has 0 aliphatic carbocycles. The summed E-state index contributed by atoms with van der Waals surface area (Å²) in [4.78, 5) is 2.23. The van der Waals surface area contributed by atoms with Gasteiger partial charge in [0.15, 0.2) is 5.11 Å². The van der Waals surface area contributed by atoms with Crippen molar-refractivity contribution in [3.8, 4) is 0 Å². The summed E-state index contributed by atoms with van der Waals surface area (Å²) in [5.74, 6) is 0. The first-order chi connectivity index (χ1) is 10.1. The van der Waals surface area contributed by atoms with E-state index in [1.54, 1.807) is 0 Å². The van der Waals surface area contributed by atoms with E-state index in [-0.39, 0.29) is 0 Å². The quantitative estimate of drug-likeness (QED) is 0.783. The molecule has 108 valence electrons. The summed E-state index contributed by atoms with van der Waals surface area (Å²) in [7, 11) is 0. The van der Waals surface area contributed by atoms with Crippen LogP contribution in [-0.2, 0) is 6.42 Å². The fourth-order valence-electron chi connectivity index (χ4n) is 3.00. The molecule has 21 heavy (non-hydrogen) atoms. The van der Waals surface area contributed by atoms with Crippen LogP contribution in [0, 0.1) is 13.8 Å². The molecule has 0 fully saturated rings. The maximum absolute atomic E-state index is 5.66. The highest BCUT2D eigenvalue weighted by Crippen LogP contribution is 2.32. The molecule has 1 atom stereocenters. The number of thiocarbonyl (C=S) groups is 1. The first-order valence-electron chi connectivity index (χ1n) is 7.31. The molecule has 3 rings (SSSR count). The van der Waals surface area contributed by atoms with Crippen molar-refractivity contribution in [2.75, 3.05) is 10.2 Å². The maximum Gasteiger partial charge on any atom is 0.178 e. The highest BCUT2D eigenvalue weighted by molar-refractivity contribution is 7.80. The van der Waals surface area contributed by atoms with Gasteiger partial charge in [-0.15, -0.1) is 0 Å². The predicted octanol–water partition coefficient (Wildman–Crippen LogP) is 4.45. The van der Waals surface area contributed by atoms with Crippen molar-refractivity contribution in [1.29, 1.82) is 0 Å². The van der Waals surface area contributed by atoms with Crippen molar-refractivity contribution < 1.29 is 0 Å². The van der Waals surface area contributed by atoms with Crippen LogP contribution in [0.1, 0.15) is 23.6 Å². The van der Waals surface area contributed by atoms with Gasteiger partial charge in [-0.1, -0.05) is 35.9 Å². The smallest absolute Gasteiger partial charge is 0.178 e. The van der Waals surface area contributed by atoms with Gasteiger partial charge in [-0.05, 0) is 62.7 Å². The molecule has 0 saturated heterocycles. The Bertz CT molecular complexity index is 693. The molecule has 0 amide bonds. The summed E-state index contributed by atoms with van der Waals surface area (Å²) < 4.78 is 0. The van der Waals surface area contributed by atoms with Gasteiger partial charge in [0.2, 0.25) is 0 Å². The fourth-order valence-corrected chi connectivity index (χ4v) is 3.39. The van der Waals surface area contributed by atoms with Gasteiger partial charge in [0.25, 0.3) is 0 Å². The minimum atomic E-state index is 0.396. The molecule has 0 spiro atoms. The van der Waals surface area contributed by atoms with Gasteiger partial charge >= 0.3 is 0 Å². The van der Waals surface area contributed by atoms with Gasteiger partial charge in [-0.2, -0.15) is 0 Å². The molecule has 0 bridgehead atoms. The summed E-state index contributed by atoms with van der Waals surface area (Å²) in [5.41, 5.74) is 6.17. The van der Waals surface area contributed by atoms with Crippen LogP contribution in [0.25, 0.3) is 0 Å². The summed E-state index contributed by atoms with van der Waals surface area (Å²) in [5, 5.41) is 4.19. The van der Waals surface area contributed by atoms with Gasteiger partial charge in [0, 0.05) is 17.4 Å². The van der Waals surface area contributed by atoms with Crippen molar-refractivity contribution in [3.05, 3.63) is 59.2 Å². The molecule has 1 heterocycles. The third kappa shape index (κ3) is 2.66. The van der Waals surface area contributed by atoms with Crippen molar-refractivity contribution >= 4 is 28.7 Å². The van der Waals surface area contributed by atoms with E-state index in [0.29, 0.717) is 6.04 Å². The molecular weight excluding hydrogens is 276 g/mol. The number of rotatable bonds is 1. The Hall–Kier alpha value is -1.87. The number of aryl methyl sites for hydroxylation is 2. The molecule has 2 aromatic rings. The highest BCUT2D eigenvalue weighted by Gasteiger charge is 2.28. The van der Waals surface area contributed by atoms with Crippen LogP contribution in [-0.4, -0.2) is 11.2 Å². The van der Waals surface area contributed by atoms with Gasteiger partial charge < -0.3 is 10.2 Å². The van der Waals surface area contributed by atoms with Crippen molar-refractivity contribution in [1.82, 2.24) is 0 Å². The zero-order valence-electron chi connectivity index (χ0n) is 12.7. The number of nitrogens with one attached hydrogen (secondary N) is 1. The molecule has 1 N–H and O–H groups in total. The molecule has 0 radical (unpaired) electrons. The number of nitrogens with zero attached hydrogens (tertiary/aromatic N) is 1. The van der Waals surface area contributed by atoms with Crippen molar-refractivity contribution in [2.45, 2.75) is 33.2 Å². The molecule has 1 aliphatic heterocycles. The summed E-state index contributed by atoms with van der Waals surface area (Å²) >= 11 is 5.66. The average Bonchev–Trinajstić information content (AvgIpc) is 2.77. The Morgan fingerprint density at radius 1 is 1.19 bits per heavy atom. The highest BCUT2D eigenvalue weighted by atomic mass is 32.1. The summed E-state index contributed by atoms with van der Waals surface area (Å²) in [6.07, 6.45) is 1.05. The van der Waals surface area contributed by atoms with E-state index in [1.807, 2.05) is 0 Å². The number of benzene rings is 2. The van der Waals surface area contributed by atoms with Crippen LogP contribution >= 0.6 is 12.2 Å². The van der Waals surface area contributed by atoms with Crippen LogP contribution in [0.5, 0.6) is 0 Å². The molecule has 0 saturated carbocycles. The monoisotopic (exact) mass is 296 g/mol. The fraction of sp³-hybridized carbons (Fsp3) is 0.278. The third-order valence-corrected chi connectivity index (χ3v) is 4.35. The zero-order valence-corrected chi connectivity index (χ0v) is 13.5. The second kappa shape index (κ2) is 5.49. The van der Waals surface area contributed by atoms with E-state index in [1.165, 1.54) is 22.4 Å². The van der Waals surface area contributed by atoms with E-state index >= 15 is 0 Å². The van der Waals surface area contributed by atoms with Crippen molar-refractivity contribution in [2.24, 2.45) is 0 Å². The standard InChI is InChI=1S/C18H20N2S/c1-12-8-9-16(13(2)10-12)19-18(21)20-14(3)11-15-6-4-5-7-17(15)20/h4-10,14H,11H2,1-3H3,(H,19,21). The van der Waals surface area contributed by atoms with Crippen LogP contribution in [0.2, 0.25) is 0 Å². The Labute approximate surface area is 131 Å². The zero-order chi connectivity index (χ0) is 15.0. The Kier molecular flexibility index (Phi) is 3.68. The van der Waals surface area contributed by atoms with E-state index < -0.39 is 0 Å². The molecule has 3 heteroatoms. The normalized spacial score (nSPS) is 16.7. The average molecular weight is 296 g/mol. The molecule has 1 unspecified atom stereocenters. The van der Waals surface area contributed by atoms with Crippen LogP contribution in [0.15, 0.2) is 42.5 Å². The Balaban J connectivity index is 1.86. The number of anilines is 2. The Morgan fingerprint density at radius 2 is 1.95 bits per heavy atom. The number of fused-ring (bicyclic) bond motifs is 1. The van der Waals surface area contributed by atoms with Gasteiger partial charge in [0.1, 0.15) is 0 Å². The lowest BCUT2D eigenvalue weighted by Gasteiger charge is -2.26. The van der Waals surface area contributed by atoms with Crippen LogP contribution < -0.4 is 10.2 Å². The minimum Gasteiger partial charge on any atom is -0.332 e. The Morgan fingerprint density at radius 3 is 2.71 bits per heavy atom. The number of hydrogen-bond acceptors (Lipinski definition) is 1. The first-order valence-corrected chi connectivity index (χ1v) is 7.72. The van der Waals surface area contributed by atoms with Crippen molar-refractivity contribution in [3.63, 3.8) is 0 Å².